The van der Waals surface area contributed by atoms with E-state index in [4.69, 9.17) is 0 Å². The lowest BCUT2D eigenvalue weighted by Crippen LogP contribution is -2.58. The highest BCUT2D eigenvalue weighted by molar-refractivity contribution is 5.80. The van der Waals surface area contributed by atoms with Crippen molar-refractivity contribution in [3.63, 3.8) is 0 Å². The minimum Gasteiger partial charge on any atom is -0.354 e. The summed E-state index contributed by atoms with van der Waals surface area (Å²) in [6, 6.07) is -1.66. The molecule has 0 bridgehead atoms. The maximum absolute atomic E-state index is 13.4. The van der Waals surface area contributed by atoms with Gasteiger partial charge in [-0.05, 0) is 12.8 Å². The van der Waals surface area contributed by atoms with Crippen LogP contribution >= 0.6 is 0 Å². The number of piperazine rings is 1. The average Bonchev–Trinajstić information content (AvgIpc) is 2.61. The van der Waals surface area contributed by atoms with Gasteiger partial charge in [0.2, 0.25) is 11.8 Å². The van der Waals surface area contributed by atoms with Crippen LogP contribution in [0.25, 0.3) is 0 Å². The van der Waals surface area contributed by atoms with Gasteiger partial charge in [0.05, 0.1) is 0 Å². The van der Waals surface area contributed by atoms with Crippen molar-refractivity contribution in [1.29, 1.82) is 0 Å². The number of hydrogen-bond acceptors (Lipinski definition) is 4. The van der Waals surface area contributed by atoms with Crippen molar-refractivity contribution >= 4 is 11.8 Å². The molecule has 1 atom stereocenters. The molecular formula is C17H29F3N4O2. The van der Waals surface area contributed by atoms with Crippen molar-refractivity contribution in [2.24, 2.45) is 11.8 Å². The molecule has 0 radical (unpaired) electrons. The maximum Gasteiger partial charge on any atom is 0.405 e. The van der Waals surface area contributed by atoms with E-state index in [0.29, 0.717) is 52.1 Å². The summed E-state index contributed by atoms with van der Waals surface area (Å²) in [7, 11) is 0. The zero-order valence-corrected chi connectivity index (χ0v) is 15.4. The number of rotatable bonds is 5. The number of amides is 2. The van der Waals surface area contributed by atoms with E-state index < -0.39 is 18.8 Å². The molecule has 0 aromatic heterocycles. The van der Waals surface area contributed by atoms with Crippen molar-refractivity contribution in [3.05, 3.63) is 0 Å². The molecule has 2 aliphatic heterocycles. The fourth-order valence-corrected chi connectivity index (χ4v) is 3.51. The Morgan fingerprint density at radius 3 is 2.19 bits per heavy atom. The van der Waals surface area contributed by atoms with Gasteiger partial charge < -0.3 is 15.5 Å². The first-order valence-electron chi connectivity index (χ1n) is 9.28. The highest BCUT2D eigenvalue weighted by Gasteiger charge is 2.44. The number of halogens is 3. The molecule has 0 saturated carbocycles. The van der Waals surface area contributed by atoms with Crippen LogP contribution in [0.1, 0.15) is 26.7 Å². The predicted molar refractivity (Wildman–Crippen MR) is 91.4 cm³/mol. The van der Waals surface area contributed by atoms with Gasteiger partial charge in [-0.2, -0.15) is 13.2 Å². The average molecular weight is 378 g/mol. The first kappa shape index (κ1) is 21.0. The van der Waals surface area contributed by atoms with Gasteiger partial charge in [-0.1, -0.05) is 13.8 Å². The summed E-state index contributed by atoms with van der Waals surface area (Å²) in [4.78, 5) is 27.4. The topological polar surface area (TPSA) is 64.7 Å². The van der Waals surface area contributed by atoms with Crippen molar-refractivity contribution in [3.8, 4) is 0 Å². The highest BCUT2D eigenvalue weighted by atomic mass is 19.4. The number of carbonyl (C=O) groups excluding carboxylic acids is 2. The van der Waals surface area contributed by atoms with Crippen LogP contribution in [-0.4, -0.2) is 79.6 Å². The lowest BCUT2D eigenvalue weighted by Gasteiger charge is -2.36. The van der Waals surface area contributed by atoms with Gasteiger partial charge in [0.15, 0.2) is 0 Å². The number of hydrogen-bond donors (Lipinski definition) is 2. The lowest BCUT2D eigenvalue weighted by molar-refractivity contribution is -0.184. The van der Waals surface area contributed by atoms with Gasteiger partial charge in [0.25, 0.3) is 0 Å². The smallest absolute Gasteiger partial charge is 0.354 e. The Labute approximate surface area is 152 Å². The van der Waals surface area contributed by atoms with E-state index in [1.807, 2.05) is 13.8 Å². The maximum atomic E-state index is 13.4. The molecular weight excluding hydrogens is 349 g/mol. The van der Waals surface area contributed by atoms with Gasteiger partial charge in [-0.3, -0.25) is 14.5 Å². The molecule has 2 rings (SSSR count). The molecule has 0 spiro atoms. The fourth-order valence-electron chi connectivity index (χ4n) is 3.51. The van der Waals surface area contributed by atoms with Gasteiger partial charge in [0, 0.05) is 57.6 Å². The fraction of sp³-hybridized carbons (Fsp3) is 0.882. The Balaban J connectivity index is 1.84. The third kappa shape index (κ3) is 5.57. The molecule has 2 amide bonds. The molecule has 0 aromatic carbocycles. The number of nitrogens with one attached hydrogen (secondary N) is 2. The first-order valence-corrected chi connectivity index (χ1v) is 9.28. The summed E-state index contributed by atoms with van der Waals surface area (Å²) in [5.41, 5.74) is 0. The number of nitrogens with zero attached hydrogens (tertiary/aromatic N) is 2. The van der Waals surface area contributed by atoms with Crippen molar-refractivity contribution < 1.29 is 22.8 Å². The van der Waals surface area contributed by atoms with E-state index in [-0.39, 0.29) is 23.7 Å². The van der Waals surface area contributed by atoms with E-state index >= 15 is 0 Å². The summed E-state index contributed by atoms with van der Waals surface area (Å²) in [6.07, 6.45) is -3.39. The summed E-state index contributed by atoms with van der Waals surface area (Å²) < 4.78 is 40.1. The zero-order valence-electron chi connectivity index (χ0n) is 15.4. The molecule has 2 aliphatic rings. The van der Waals surface area contributed by atoms with E-state index in [0.717, 1.165) is 0 Å². The van der Waals surface area contributed by atoms with Crippen LogP contribution in [0, 0.1) is 11.8 Å². The molecule has 0 aliphatic carbocycles. The summed E-state index contributed by atoms with van der Waals surface area (Å²) in [5, 5.41) is 5.53. The Bertz CT molecular complexity index is 485. The molecule has 1 unspecified atom stereocenters. The highest BCUT2D eigenvalue weighted by Crippen LogP contribution is 2.25. The van der Waals surface area contributed by atoms with Crippen molar-refractivity contribution in [2.75, 3.05) is 45.8 Å². The van der Waals surface area contributed by atoms with Crippen LogP contribution in [0.15, 0.2) is 0 Å². The van der Waals surface area contributed by atoms with Crippen LogP contribution in [0.4, 0.5) is 13.2 Å². The molecule has 9 heteroatoms. The minimum absolute atomic E-state index is 0.0553. The molecule has 2 heterocycles. The Kier molecular flexibility index (Phi) is 7.28. The standard InChI is InChI=1S/C17H29F3N4O2/c1-12(2)16(26)24-7-3-13(4-8-24)15(25)22-11-14(17(18,19)20)23-9-5-21-6-10-23/h12-14,21H,3-11H2,1-2H3,(H,22,25). The SMILES string of the molecule is CC(C)C(=O)N1CCC(C(=O)NCC(N2CCNCC2)C(F)(F)F)CC1. The third-order valence-corrected chi connectivity index (χ3v) is 5.11. The van der Waals surface area contributed by atoms with Crippen LogP contribution in [0.3, 0.4) is 0 Å². The molecule has 2 N–H and O–H groups in total. The number of piperidine rings is 1. The Hall–Kier alpha value is -1.35. The second-order valence-corrected chi connectivity index (χ2v) is 7.34. The van der Waals surface area contributed by atoms with Crippen LogP contribution in [0.5, 0.6) is 0 Å². The van der Waals surface area contributed by atoms with Crippen molar-refractivity contribution in [1.82, 2.24) is 20.4 Å². The van der Waals surface area contributed by atoms with E-state index in [9.17, 15) is 22.8 Å². The van der Waals surface area contributed by atoms with Crippen LogP contribution < -0.4 is 10.6 Å². The number of likely N-dealkylation sites (tertiary alicyclic amines) is 1. The molecule has 150 valence electrons. The second-order valence-electron chi connectivity index (χ2n) is 7.34. The number of alkyl halides is 3. The zero-order chi connectivity index (χ0) is 19.3. The third-order valence-electron chi connectivity index (χ3n) is 5.11. The molecule has 2 saturated heterocycles. The summed E-state index contributed by atoms with van der Waals surface area (Å²) in [6.45, 7) is 5.86. The van der Waals surface area contributed by atoms with Crippen LogP contribution in [-0.2, 0) is 9.59 Å². The Morgan fingerprint density at radius 1 is 1.12 bits per heavy atom. The molecule has 2 fully saturated rings. The minimum atomic E-state index is -4.38. The molecule has 0 aromatic rings. The van der Waals surface area contributed by atoms with Crippen LogP contribution in [0.2, 0.25) is 0 Å². The summed E-state index contributed by atoms with van der Waals surface area (Å²) in [5.74, 6) is -0.708. The van der Waals surface area contributed by atoms with E-state index in [1.54, 1.807) is 4.90 Å². The monoisotopic (exact) mass is 378 g/mol. The molecule has 6 nitrogen and oxygen atoms in total. The number of carbonyl (C=O) groups is 2. The summed E-state index contributed by atoms with van der Waals surface area (Å²) >= 11 is 0. The predicted octanol–water partition coefficient (Wildman–Crippen LogP) is 0.833. The second kappa shape index (κ2) is 9.03. The van der Waals surface area contributed by atoms with Gasteiger partial charge >= 0.3 is 6.18 Å². The largest absolute Gasteiger partial charge is 0.405 e. The first-order chi connectivity index (χ1) is 12.2. The Morgan fingerprint density at radius 2 is 1.69 bits per heavy atom. The van der Waals surface area contributed by atoms with E-state index in [2.05, 4.69) is 10.6 Å². The van der Waals surface area contributed by atoms with Crippen molar-refractivity contribution in [2.45, 2.75) is 38.9 Å². The van der Waals surface area contributed by atoms with Gasteiger partial charge in [0.1, 0.15) is 6.04 Å². The molecule has 26 heavy (non-hydrogen) atoms. The lowest BCUT2D eigenvalue weighted by atomic mass is 9.95. The normalized spacial score (nSPS) is 21.7. The van der Waals surface area contributed by atoms with Gasteiger partial charge in [-0.15, -0.1) is 0 Å². The van der Waals surface area contributed by atoms with E-state index in [1.165, 1.54) is 4.90 Å². The van der Waals surface area contributed by atoms with Gasteiger partial charge in [-0.25, -0.2) is 0 Å². The quantitative estimate of drug-likeness (QED) is 0.744.